The van der Waals surface area contributed by atoms with Crippen molar-refractivity contribution in [3.05, 3.63) is 49.6 Å². The van der Waals surface area contributed by atoms with Gasteiger partial charge in [0.1, 0.15) is 23.5 Å². The van der Waals surface area contributed by atoms with Gasteiger partial charge in [0.15, 0.2) is 0 Å². The number of amides is 3. The van der Waals surface area contributed by atoms with Gasteiger partial charge >= 0.3 is 5.97 Å². The number of methoxy groups -OCH3 is 1. The smallest absolute Gasteiger partial charge is 0.312 e. The third-order valence-electron chi connectivity index (χ3n) is 8.09. The summed E-state index contributed by atoms with van der Waals surface area (Å²) in [5.41, 5.74) is -0.648. The number of carbonyl (C=O) groups excluding carboxylic acids is 4. The minimum absolute atomic E-state index is 0.0824. The molecule has 11 nitrogen and oxygen atoms in total. The first kappa shape index (κ1) is 30.3. The Bertz CT molecular complexity index is 1170. The summed E-state index contributed by atoms with van der Waals surface area (Å²) in [6.45, 7) is 8.91. The molecule has 11 heteroatoms. The van der Waals surface area contributed by atoms with E-state index in [0.29, 0.717) is 30.7 Å². The van der Waals surface area contributed by atoms with Crippen LogP contribution in [0.1, 0.15) is 32.6 Å². The predicted molar refractivity (Wildman–Crippen MR) is 150 cm³/mol. The maximum absolute atomic E-state index is 14.3. The second-order valence-electron chi connectivity index (χ2n) is 10.6. The lowest BCUT2D eigenvalue weighted by atomic mass is 9.70. The Balaban J connectivity index is 1.57. The van der Waals surface area contributed by atoms with Gasteiger partial charge in [0, 0.05) is 25.2 Å². The van der Waals surface area contributed by atoms with Crippen molar-refractivity contribution in [3.63, 3.8) is 0 Å². The second kappa shape index (κ2) is 12.9. The number of aliphatic hydroxyl groups excluding tert-OH is 1. The monoisotopic (exact) mass is 569 g/mol. The molecule has 3 amide bonds. The lowest BCUT2D eigenvalue weighted by Gasteiger charge is -2.36. The second-order valence-corrected chi connectivity index (χ2v) is 10.6. The number of esters is 1. The van der Waals surface area contributed by atoms with E-state index >= 15 is 0 Å². The molecule has 0 radical (unpaired) electrons. The molecule has 0 aromatic heterocycles. The first-order valence-corrected chi connectivity index (χ1v) is 14.0. The number of hydrogen-bond donors (Lipinski definition) is 2. The van der Waals surface area contributed by atoms with E-state index in [1.54, 1.807) is 50.5 Å². The highest BCUT2D eigenvalue weighted by Gasteiger charge is 2.75. The molecular weight excluding hydrogens is 530 g/mol. The molecule has 3 saturated heterocycles. The number of carbonyl (C=O) groups is 4. The van der Waals surface area contributed by atoms with Crippen molar-refractivity contribution in [2.75, 3.05) is 38.3 Å². The van der Waals surface area contributed by atoms with E-state index < -0.39 is 47.6 Å². The van der Waals surface area contributed by atoms with Crippen molar-refractivity contribution < 1.29 is 38.5 Å². The van der Waals surface area contributed by atoms with Crippen LogP contribution in [0.2, 0.25) is 0 Å². The lowest BCUT2D eigenvalue weighted by Crippen LogP contribution is -2.56. The number of likely N-dealkylation sites (tertiary alicyclic amines) is 1. The first-order valence-electron chi connectivity index (χ1n) is 14.0. The molecule has 3 fully saturated rings. The van der Waals surface area contributed by atoms with Gasteiger partial charge in [-0.3, -0.25) is 19.2 Å². The van der Waals surface area contributed by atoms with Crippen LogP contribution < -0.4 is 15.0 Å². The van der Waals surface area contributed by atoms with Crippen LogP contribution in [0.5, 0.6) is 5.75 Å². The first-order chi connectivity index (χ1) is 19.7. The molecule has 2 N–H and O–H groups in total. The van der Waals surface area contributed by atoms with Crippen LogP contribution in [-0.2, 0) is 28.7 Å². The summed E-state index contributed by atoms with van der Waals surface area (Å²) < 4.78 is 17.3. The summed E-state index contributed by atoms with van der Waals surface area (Å²) in [6, 6.07) is 5.91. The molecule has 222 valence electrons. The van der Waals surface area contributed by atoms with Crippen LogP contribution >= 0.6 is 0 Å². The molecule has 0 saturated carbocycles. The number of aliphatic hydroxyl groups is 1. The van der Waals surface area contributed by atoms with E-state index in [-0.39, 0.29) is 44.5 Å². The number of nitrogens with zero attached hydrogens (tertiary/aromatic N) is 2. The Morgan fingerprint density at radius 2 is 2.00 bits per heavy atom. The van der Waals surface area contributed by atoms with Crippen molar-refractivity contribution in [1.29, 1.82) is 0 Å². The van der Waals surface area contributed by atoms with Gasteiger partial charge < -0.3 is 34.4 Å². The van der Waals surface area contributed by atoms with E-state index in [9.17, 15) is 24.3 Å². The largest absolute Gasteiger partial charge is 0.497 e. The standard InChI is InChI=1S/C30H39N3O8/c1-5-7-8-23(35)31-18-19(3)40-29(38)24-22-13-14-30(41-22)25(24)27(36)33(16-17-34)26(30)28(37)32(15-6-2)20-9-11-21(39-4)12-10-20/h5-6,9-12,19,22,24-26,34H,1-2,7-8,13-18H2,3-4H3,(H,31,35)/t19-,22-,24+,25+,26-,30+/m0/s1. The average molecular weight is 570 g/mol. The fourth-order valence-electron chi connectivity index (χ4n) is 6.31. The summed E-state index contributed by atoms with van der Waals surface area (Å²) in [6.07, 6.45) is 3.76. The maximum Gasteiger partial charge on any atom is 0.312 e. The van der Waals surface area contributed by atoms with E-state index in [1.165, 1.54) is 9.80 Å². The molecule has 1 aromatic carbocycles. The molecule has 3 heterocycles. The quantitative estimate of drug-likeness (QED) is 0.255. The van der Waals surface area contributed by atoms with Crippen molar-refractivity contribution in [2.45, 2.75) is 56.5 Å². The Hall–Kier alpha value is -3.70. The van der Waals surface area contributed by atoms with E-state index in [4.69, 9.17) is 14.2 Å². The number of fused-ring (bicyclic) bond motifs is 1. The van der Waals surface area contributed by atoms with Gasteiger partial charge in [-0.25, -0.2) is 0 Å². The van der Waals surface area contributed by atoms with Gasteiger partial charge in [0.2, 0.25) is 11.8 Å². The molecule has 6 atom stereocenters. The highest BCUT2D eigenvalue weighted by Crippen LogP contribution is 2.58. The van der Waals surface area contributed by atoms with Gasteiger partial charge in [0.25, 0.3) is 5.91 Å². The maximum atomic E-state index is 14.3. The highest BCUT2D eigenvalue weighted by molar-refractivity contribution is 6.04. The SMILES string of the molecule is C=CCCC(=O)NC[C@H](C)OC(=O)[C@@H]1[C@@H]2CC[C@]3(O2)[C@H](C(=O)N(CC=C)c2ccc(OC)cc2)N(CCO)C(=O)[C@@H]13. The Kier molecular flexibility index (Phi) is 9.49. The van der Waals surface area contributed by atoms with Crippen molar-refractivity contribution in [1.82, 2.24) is 10.2 Å². The Labute approximate surface area is 240 Å². The number of allylic oxidation sites excluding steroid dienone is 1. The molecule has 0 aliphatic carbocycles. The van der Waals surface area contributed by atoms with Crippen molar-refractivity contribution >= 4 is 29.4 Å². The molecule has 1 aromatic rings. The average Bonchev–Trinajstić information content (AvgIpc) is 3.61. The zero-order valence-electron chi connectivity index (χ0n) is 23.6. The van der Waals surface area contributed by atoms with Crippen LogP contribution in [-0.4, -0.2) is 90.9 Å². The summed E-state index contributed by atoms with van der Waals surface area (Å²) in [7, 11) is 1.55. The number of ether oxygens (including phenoxy) is 3. The number of hydrogen-bond acceptors (Lipinski definition) is 8. The number of β-amino-alcohol motifs (C(OH)–C–C–N with tert-alkyl or cyclic N) is 1. The number of rotatable bonds is 14. The zero-order chi connectivity index (χ0) is 29.7. The predicted octanol–water partition coefficient (Wildman–Crippen LogP) is 1.60. The fourth-order valence-corrected chi connectivity index (χ4v) is 6.31. The van der Waals surface area contributed by atoms with Gasteiger partial charge in [-0.1, -0.05) is 12.2 Å². The van der Waals surface area contributed by atoms with Crippen LogP contribution in [0, 0.1) is 11.8 Å². The van der Waals surface area contributed by atoms with Gasteiger partial charge in [-0.2, -0.15) is 0 Å². The summed E-state index contributed by atoms with van der Waals surface area (Å²) in [4.78, 5) is 56.3. The molecule has 1 spiro atoms. The minimum atomic E-state index is -1.23. The number of benzene rings is 1. The summed E-state index contributed by atoms with van der Waals surface area (Å²) in [5.74, 6) is -2.78. The van der Waals surface area contributed by atoms with E-state index in [2.05, 4.69) is 18.5 Å². The Morgan fingerprint density at radius 3 is 2.63 bits per heavy atom. The molecule has 2 bridgehead atoms. The molecule has 3 aliphatic rings. The molecule has 0 unspecified atom stereocenters. The topological polar surface area (TPSA) is 135 Å². The van der Waals surface area contributed by atoms with E-state index in [1.807, 2.05) is 0 Å². The lowest BCUT2D eigenvalue weighted by molar-refractivity contribution is -0.159. The highest BCUT2D eigenvalue weighted by atomic mass is 16.6. The van der Waals surface area contributed by atoms with Crippen molar-refractivity contribution in [3.8, 4) is 5.75 Å². The van der Waals surface area contributed by atoms with Crippen LogP contribution in [0.15, 0.2) is 49.6 Å². The van der Waals surface area contributed by atoms with Gasteiger partial charge in [-0.05, 0) is 50.5 Å². The minimum Gasteiger partial charge on any atom is -0.497 e. The third kappa shape index (κ3) is 5.73. The molecule has 41 heavy (non-hydrogen) atoms. The van der Waals surface area contributed by atoms with Gasteiger partial charge in [-0.15, -0.1) is 13.2 Å². The van der Waals surface area contributed by atoms with Gasteiger partial charge in [0.05, 0.1) is 38.2 Å². The molecule has 3 aliphatic heterocycles. The van der Waals surface area contributed by atoms with Crippen LogP contribution in [0.4, 0.5) is 5.69 Å². The Morgan fingerprint density at radius 1 is 1.27 bits per heavy atom. The molecular formula is C30H39N3O8. The summed E-state index contributed by atoms with van der Waals surface area (Å²) >= 11 is 0. The number of anilines is 1. The van der Waals surface area contributed by atoms with E-state index in [0.717, 1.165) is 0 Å². The normalized spacial score (nSPS) is 26.7. The number of nitrogens with one attached hydrogen (secondary N) is 1. The fraction of sp³-hybridized carbons (Fsp3) is 0.533. The van der Waals surface area contributed by atoms with Crippen LogP contribution in [0.25, 0.3) is 0 Å². The van der Waals surface area contributed by atoms with Crippen molar-refractivity contribution in [2.24, 2.45) is 11.8 Å². The summed E-state index contributed by atoms with van der Waals surface area (Å²) in [5, 5.41) is 12.6. The zero-order valence-corrected chi connectivity index (χ0v) is 23.6. The molecule has 4 rings (SSSR count). The van der Waals surface area contributed by atoms with Crippen LogP contribution in [0.3, 0.4) is 0 Å². The third-order valence-corrected chi connectivity index (χ3v) is 8.09.